The molecular weight excluding hydrogens is 112 g/mol. The van der Waals surface area contributed by atoms with E-state index in [0.29, 0.717) is 5.92 Å². The van der Waals surface area contributed by atoms with E-state index in [0.717, 1.165) is 0 Å². The number of hydrogen-bond acceptors (Lipinski definition) is 1. The van der Waals surface area contributed by atoms with Crippen molar-refractivity contribution in [2.75, 3.05) is 0 Å². The predicted octanol–water partition coefficient (Wildman–Crippen LogP) is 1.33. The smallest absolute Gasteiger partial charge is 0.0690 e. The fourth-order valence-electron chi connectivity index (χ4n) is 2.00. The van der Waals surface area contributed by atoms with Gasteiger partial charge in [0.25, 0.3) is 0 Å². The summed E-state index contributed by atoms with van der Waals surface area (Å²) in [6.45, 7) is 2.14. The number of rotatable bonds is 0. The van der Waals surface area contributed by atoms with E-state index in [1.807, 2.05) is 0 Å². The van der Waals surface area contributed by atoms with Crippen molar-refractivity contribution in [1.82, 2.24) is 0 Å². The van der Waals surface area contributed by atoms with Gasteiger partial charge in [-0.3, -0.25) is 0 Å². The van der Waals surface area contributed by atoms with E-state index < -0.39 is 0 Å². The molecule has 1 heteroatoms. The third-order valence-electron chi connectivity index (χ3n) is 2.82. The fraction of sp³-hybridized carbons (Fsp3) is 0.750. The molecule has 0 saturated heterocycles. The lowest BCUT2D eigenvalue weighted by molar-refractivity contribution is 0.0898. The molecule has 1 N–H and O–H groups in total. The van der Waals surface area contributed by atoms with Crippen LogP contribution in [0.15, 0.2) is 12.2 Å². The third kappa shape index (κ3) is 0.531. The summed E-state index contributed by atoms with van der Waals surface area (Å²) in [5.74, 6) is 0.481. The maximum Gasteiger partial charge on any atom is 0.0690 e. The van der Waals surface area contributed by atoms with Crippen LogP contribution < -0.4 is 0 Å². The van der Waals surface area contributed by atoms with Gasteiger partial charge in [0.05, 0.1) is 6.10 Å². The summed E-state index contributed by atoms with van der Waals surface area (Å²) in [5.41, 5.74) is 0.144. The Balaban J connectivity index is 2.36. The highest BCUT2D eigenvalue weighted by Crippen LogP contribution is 2.48. The minimum atomic E-state index is -0.0718. The standard InChI is InChI=1S/C8H12O/c1-8-4-2-6(3-5-8)7(8)9/h2,4,6-7,9H,3,5H2,1H3/t6-,7-,8-/m0/s1. The Morgan fingerprint density at radius 3 is 2.56 bits per heavy atom. The second kappa shape index (κ2) is 1.40. The Kier molecular flexibility index (Phi) is 0.854. The lowest BCUT2D eigenvalue weighted by Gasteiger charge is -2.20. The van der Waals surface area contributed by atoms with Crippen molar-refractivity contribution in [1.29, 1.82) is 0 Å². The second-order valence-electron chi connectivity index (χ2n) is 3.51. The van der Waals surface area contributed by atoms with Crippen molar-refractivity contribution < 1.29 is 5.11 Å². The van der Waals surface area contributed by atoms with Gasteiger partial charge in [-0.25, -0.2) is 0 Å². The average Bonchev–Trinajstić information content (AvgIpc) is 2.24. The zero-order valence-corrected chi connectivity index (χ0v) is 5.67. The first-order valence-electron chi connectivity index (χ1n) is 3.60. The molecule has 0 heterocycles. The first kappa shape index (κ1) is 5.48. The summed E-state index contributed by atoms with van der Waals surface area (Å²) in [4.78, 5) is 0. The molecule has 1 fully saturated rings. The quantitative estimate of drug-likeness (QED) is 0.483. The molecular formula is C8H12O. The van der Waals surface area contributed by atoms with Crippen LogP contribution in [0.5, 0.6) is 0 Å². The highest BCUT2D eigenvalue weighted by atomic mass is 16.3. The minimum absolute atomic E-state index is 0.0718. The van der Waals surface area contributed by atoms with Crippen LogP contribution in [0, 0.1) is 11.3 Å². The molecule has 0 aromatic carbocycles. The van der Waals surface area contributed by atoms with Crippen LogP contribution in [0.3, 0.4) is 0 Å². The van der Waals surface area contributed by atoms with Gasteiger partial charge < -0.3 is 5.11 Å². The van der Waals surface area contributed by atoms with E-state index in [1.165, 1.54) is 12.8 Å². The van der Waals surface area contributed by atoms with Gasteiger partial charge in [-0.05, 0) is 12.8 Å². The summed E-state index contributed by atoms with van der Waals surface area (Å²) >= 11 is 0. The van der Waals surface area contributed by atoms with Gasteiger partial charge in [-0.2, -0.15) is 0 Å². The zero-order valence-electron chi connectivity index (χ0n) is 5.67. The molecule has 0 aromatic rings. The van der Waals surface area contributed by atoms with Crippen LogP contribution >= 0.6 is 0 Å². The van der Waals surface area contributed by atoms with Crippen LogP contribution in [0.1, 0.15) is 19.8 Å². The monoisotopic (exact) mass is 124 g/mol. The molecule has 1 saturated carbocycles. The highest BCUT2D eigenvalue weighted by molar-refractivity contribution is 5.18. The molecule has 50 valence electrons. The second-order valence-corrected chi connectivity index (χ2v) is 3.51. The van der Waals surface area contributed by atoms with Gasteiger partial charge in [0.1, 0.15) is 0 Å². The Morgan fingerprint density at radius 2 is 2.44 bits per heavy atom. The van der Waals surface area contributed by atoms with E-state index in [4.69, 9.17) is 0 Å². The number of aliphatic hydroxyl groups excluding tert-OH is 1. The largest absolute Gasteiger partial charge is 0.392 e. The Labute approximate surface area is 55.4 Å². The molecule has 0 aliphatic heterocycles. The van der Waals surface area contributed by atoms with E-state index in [9.17, 15) is 5.11 Å². The molecule has 3 atom stereocenters. The molecule has 2 aliphatic carbocycles. The molecule has 0 amide bonds. The van der Waals surface area contributed by atoms with Crippen molar-refractivity contribution in [3.8, 4) is 0 Å². The first-order valence-corrected chi connectivity index (χ1v) is 3.60. The van der Waals surface area contributed by atoms with E-state index in [2.05, 4.69) is 19.1 Å². The molecule has 2 bridgehead atoms. The summed E-state index contributed by atoms with van der Waals surface area (Å²) in [5, 5.41) is 9.53. The van der Waals surface area contributed by atoms with Crippen LogP contribution in [0.2, 0.25) is 0 Å². The van der Waals surface area contributed by atoms with Gasteiger partial charge in [0, 0.05) is 11.3 Å². The molecule has 0 unspecified atom stereocenters. The van der Waals surface area contributed by atoms with Crippen LogP contribution in [-0.4, -0.2) is 11.2 Å². The van der Waals surface area contributed by atoms with Crippen LogP contribution in [-0.2, 0) is 0 Å². The van der Waals surface area contributed by atoms with Crippen LogP contribution in [0.4, 0.5) is 0 Å². The Morgan fingerprint density at radius 1 is 1.67 bits per heavy atom. The third-order valence-corrected chi connectivity index (χ3v) is 2.82. The maximum atomic E-state index is 9.53. The summed E-state index contributed by atoms with van der Waals surface area (Å²) in [6, 6.07) is 0. The molecule has 0 aromatic heterocycles. The Hall–Kier alpha value is -0.300. The zero-order chi connectivity index (χ0) is 6.48. The summed E-state index contributed by atoms with van der Waals surface area (Å²) in [7, 11) is 0. The topological polar surface area (TPSA) is 20.2 Å². The molecule has 9 heavy (non-hydrogen) atoms. The van der Waals surface area contributed by atoms with Crippen molar-refractivity contribution in [3.05, 3.63) is 12.2 Å². The van der Waals surface area contributed by atoms with E-state index in [-0.39, 0.29) is 11.5 Å². The molecule has 0 radical (unpaired) electrons. The molecule has 2 rings (SSSR count). The van der Waals surface area contributed by atoms with Crippen molar-refractivity contribution in [3.63, 3.8) is 0 Å². The lowest BCUT2D eigenvalue weighted by Crippen LogP contribution is -2.22. The van der Waals surface area contributed by atoms with Crippen molar-refractivity contribution in [2.24, 2.45) is 11.3 Å². The highest BCUT2D eigenvalue weighted by Gasteiger charge is 2.45. The van der Waals surface area contributed by atoms with Gasteiger partial charge in [-0.15, -0.1) is 0 Å². The van der Waals surface area contributed by atoms with E-state index in [1.54, 1.807) is 0 Å². The van der Waals surface area contributed by atoms with Gasteiger partial charge >= 0.3 is 0 Å². The first-order chi connectivity index (χ1) is 4.22. The van der Waals surface area contributed by atoms with Crippen LogP contribution in [0.25, 0.3) is 0 Å². The number of aliphatic hydroxyl groups is 1. The molecule has 1 nitrogen and oxygen atoms in total. The molecule has 2 aliphatic rings. The lowest BCUT2D eigenvalue weighted by atomic mass is 9.89. The van der Waals surface area contributed by atoms with Crippen molar-refractivity contribution >= 4 is 0 Å². The normalized spacial score (nSPS) is 54.9. The number of fused-ring (bicyclic) bond motifs is 2. The number of hydrogen-bond donors (Lipinski definition) is 1. The summed E-state index contributed by atoms with van der Waals surface area (Å²) < 4.78 is 0. The van der Waals surface area contributed by atoms with E-state index >= 15 is 0 Å². The van der Waals surface area contributed by atoms with Gasteiger partial charge in [0.15, 0.2) is 0 Å². The molecule has 0 spiro atoms. The Bertz CT molecular complexity index is 162. The maximum absolute atomic E-state index is 9.53. The van der Waals surface area contributed by atoms with Crippen molar-refractivity contribution in [2.45, 2.75) is 25.9 Å². The SMILES string of the molecule is C[C@]12C=C[C@@H](CC1)[C@@H]2O. The van der Waals surface area contributed by atoms with Gasteiger partial charge in [0.2, 0.25) is 0 Å². The fourth-order valence-corrected chi connectivity index (χ4v) is 2.00. The minimum Gasteiger partial charge on any atom is -0.392 e. The summed E-state index contributed by atoms with van der Waals surface area (Å²) in [6.07, 6.45) is 6.63. The average molecular weight is 124 g/mol. The van der Waals surface area contributed by atoms with Gasteiger partial charge in [-0.1, -0.05) is 19.1 Å². The predicted molar refractivity (Wildman–Crippen MR) is 36.0 cm³/mol.